The molecular formula is C58H38N2O3. The highest BCUT2D eigenvalue weighted by Crippen LogP contribution is 2.45. The molecule has 0 N–H and O–H groups in total. The number of furan rings is 3. The molecule has 0 aliphatic heterocycles. The van der Waals surface area contributed by atoms with Crippen LogP contribution in [0, 0.1) is 0 Å². The van der Waals surface area contributed by atoms with E-state index in [4.69, 9.17) is 13.3 Å². The standard InChI is InChI=1S/C58H38N2O3/c1-6-16-39(17-7-1)55-38-52-57(63-55)50-34-42-35-53(40-26-30-47(31-27-40)59(43-18-8-2-9-19-43)44-20-10-3-11-21-44)61-56(42)36-49(50)51-37-54(62-58(51)52)41-28-32-48(33-29-41)60(45-22-12-4-13-23-45)46-24-14-5-15-25-46/h1-38H. The molecule has 0 spiro atoms. The maximum atomic E-state index is 6.87. The van der Waals surface area contributed by atoms with Gasteiger partial charge in [-0.25, -0.2) is 0 Å². The van der Waals surface area contributed by atoms with Crippen LogP contribution in [0.2, 0.25) is 0 Å². The molecule has 0 saturated carbocycles. The van der Waals surface area contributed by atoms with E-state index in [0.29, 0.717) is 0 Å². The van der Waals surface area contributed by atoms with Gasteiger partial charge < -0.3 is 23.1 Å². The predicted octanol–water partition coefficient (Wildman–Crippen LogP) is 17.0. The third-order valence-electron chi connectivity index (χ3n) is 11.8. The number of hydrogen-bond donors (Lipinski definition) is 0. The van der Waals surface area contributed by atoms with Gasteiger partial charge in [-0.2, -0.15) is 0 Å². The van der Waals surface area contributed by atoms with E-state index in [2.05, 4.69) is 198 Å². The zero-order chi connectivity index (χ0) is 41.7. The van der Waals surface area contributed by atoms with Gasteiger partial charge in [-0.05, 0) is 127 Å². The largest absolute Gasteiger partial charge is 0.456 e. The summed E-state index contributed by atoms with van der Waals surface area (Å²) in [5, 5.41) is 4.93. The van der Waals surface area contributed by atoms with Gasteiger partial charge in [-0.3, -0.25) is 0 Å². The van der Waals surface area contributed by atoms with Gasteiger partial charge in [-0.1, -0.05) is 103 Å². The molecule has 0 atom stereocenters. The van der Waals surface area contributed by atoms with Crippen LogP contribution in [0.1, 0.15) is 0 Å². The molecule has 0 aliphatic rings. The Morgan fingerprint density at radius 1 is 0.254 bits per heavy atom. The van der Waals surface area contributed by atoms with Gasteiger partial charge in [0.1, 0.15) is 34.0 Å². The molecule has 9 aromatic carbocycles. The highest BCUT2D eigenvalue weighted by atomic mass is 16.4. The topological polar surface area (TPSA) is 45.9 Å². The van der Waals surface area contributed by atoms with E-state index in [1.165, 1.54) is 0 Å². The molecule has 12 aromatic rings. The Balaban J connectivity index is 0.964. The van der Waals surface area contributed by atoms with E-state index in [-0.39, 0.29) is 0 Å². The van der Waals surface area contributed by atoms with Gasteiger partial charge >= 0.3 is 0 Å². The third-order valence-corrected chi connectivity index (χ3v) is 11.8. The third kappa shape index (κ3) is 6.51. The summed E-state index contributed by atoms with van der Waals surface area (Å²) in [5.41, 5.74) is 11.8. The molecule has 12 rings (SSSR count). The summed E-state index contributed by atoms with van der Waals surface area (Å²) >= 11 is 0. The normalized spacial score (nSPS) is 11.5. The van der Waals surface area contributed by atoms with Crippen LogP contribution in [-0.4, -0.2) is 0 Å². The van der Waals surface area contributed by atoms with Gasteiger partial charge in [0.15, 0.2) is 0 Å². The van der Waals surface area contributed by atoms with Crippen LogP contribution in [0.4, 0.5) is 34.1 Å². The van der Waals surface area contributed by atoms with E-state index in [0.717, 1.165) is 112 Å². The predicted molar refractivity (Wildman–Crippen MR) is 259 cm³/mol. The van der Waals surface area contributed by atoms with Gasteiger partial charge in [0.25, 0.3) is 0 Å². The second kappa shape index (κ2) is 15.2. The Morgan fingerprint density at radius 3 is 1.05 bits per heavy atom. The number of benzene rings is 9. The number of rotatable bonds is 9. The van der Waals surface area contributed by atoms with Crippen molar-refractivity contribution >= 4 is 77.8 Å². The number of para-hydroxylation sites is 4. The number of anilines is 6. The highest BCUT2D eigenvalue weighted by molar-refractivity contribution is 6.25. The molecule has 5 nitrogen and oxygen atoms in total. The minimum absolute atomic E-state index is 0.777. The first-order chi connectivity index (χ1) is 31.2. The number of hydrogen-bond acceptors (Lipinski definition) is 5. The summed E-state index contributed by atoms with van der Waals surface area (Å²) in [6.07, 6.45) is 0. The van der Waals surface area contributed by atoms with Crippen LogP contribution < -0.4 is 9.80 Å². The first kappa shape index (κ1) is 36.3. The summed E-state index contributed by atoms with van der Waals surface area (Å²) in [6, 6.07) is 79.9. The SMILES string of the molecule is c1ccc(-c2cc3c4oc(-c5ccc(N(c6ccccc6)c6ccccc6)cc5)cc4c4cc5oc(-c6ccc(N(c7ccccc7)c7ccccc7)cc6)cc5cc4c3o2)cc1. The van der Waals surface area contributed by atoms with Crippen molar-refractivity contribution in [3.05, 3.63) is 231 Å². The summed E-state index contributed by atoms with van der Waals surface area (Å²) in [4.78, 5) is 4.52. The fourth-order valence-electron chi connectivity index (χ4n) is 8.83. The lowest BCUT2D eigenvalue weighted by Gasteiger charge is -2.25. The summed E-state index contributed by atoms with van der Waals surface area (Å²) in [7, 11) is 0. The molecule has 0 radical (unpaired) electrons. The van der Waals surface area contributed by atoms with Crippen LogP contribution >= 0.6 is 0 Å². The lowest BCUT2D eigenvalue weighted by atomic mass is 10.0. The molecule has 5 heteroatoms. The van der Waals surface area contributed by atoms with Gasteiger partial charge in [0.2, 0.25) is 0 Å². The first-order valence-corrected chi connectivity index (χ1v) is 21.1. The van der Waals surface area contributed by atoms with Crippen LogP contribution in [0.5, 0.6) is 0 Å². The molecule has 3 aromatic heterocycles. The van der Waals surface area contributed by atoms with Crippen molar-refractivity contribution in [2.45, 2.75) is 0 Å². The molecule has 3 heterocycles. The Bertz CT molecular complexity index is 3440. The molecule has 298 valence electrons. The van der Waals surface area contributed by atoms with E-state index < -0.39 is 0 Å². The van der Waals surface area contributed by atoms with E-state index in [1.807, 2.05) is 42.5 Å². The lowest BCUT2D eigenvalue weighted by Crippen LogP contribution is -2.09. The Morgan fingerprint density at radius 2 is 0.603 bits per heavy atom. The van der Waals surface area contributed by atoms with Crippen molar-refractivity contribution in [3.8, 4) is 34.0 Å². The molecule has 0 fully saturated rings. The maximum Gasteiger partial charge on any atom is 0.146 e. The second-order valence-electron chi connectivity index (χ2n) is 15.7. The molecule has 0 amide bonds. The van der Waals surface area contributed by atoms with Crippen molar-refractivity contribution in [1.29, 1.82) is 0 Å². The summed E-state index contributed by atoms with van der Waals surface area (Å²) < 4.78 is 20.3. The smallest absolute Gasteiger partial charge is 0.146 e. The number of nitrogens with zero attached hydrogens (tertiary/aromatic N) is 2. The fourth-order valence-corrected chi connectivity index (χ4v) is 8.83. The van der Waals surface area contributed by atoms with Crippen molar-refractivity contribution < 1.29 is 13.3 Å². The van der Waals surface area contributed by atoms with E-state index in [9.17, 15) is 0 Å². The zero-order valence-corrected chi connectivity index (χ0v) is 34.1. The molecule has 0 unspecified atom stereocenters. The molecule has 0 aliphatic carbocycles. The molecule has 63 heavy (non-hydrogen) atoms. The van der Waals surface area contributed by atoms with E-state index >= 15 is 0 Å². The average molecular weight is 811 g/mol. The second-order valence-corrected chi connectivity index (χ2v) is 15.7. The number of fused-ring (bicyclic) bond motifs is 7. The van der Waals surface area contributed by atoms with Gasteiger partial charge in [0, 0.05) is 72.4 Å². The van der Waals surface area contributed by atoms with Gasteiger partial charge in [-0.15, -0.1) is 0 Å². The quantitative estimate of drug-likeness (QED) is 0.145. The van der Waals surface area contributed by atoms with Crippen LogP contribution in [0.15, 0.2) is 244 Å². The van der Waals surface area contributed by atoms with Crippen molar-refractivity contribution in [1.82, 2.24) is 0 Å². The lowest BCUT2D eigenvalue weighted by molar-refractivity contribution is 0.629. The fraction of sp³-hybridized carbons (Fsp3) is 0. The van der Waals surface area contributed by atoms with Gasteiger partial charge in [0.05, 0.1) is 5.39 Å². The van der Waals surface area contributed by atoms with E-state index in [1.54, 1.807) is 0 Å². The average Bonchev–Trinajstić information content (AvgIpc) is 4.12. The molecule has 0 bridgehead atoms. The van der Waals surface area contributed by atoms with Crippen LogP contribution in [-0.2, 0) is 0 Å². The monoisotopic (exact) mass is 810 g/mol. The van der Waals surface area contributed by atoms with Crippen LogP contribution in [0.3, 0.4) is 0 Å². The molecular weight excluding hydrogens is 773 g/mol. The minimum atomic E-state index is 0.777. The highest BCUT2D eigenvalue weighted by Gasteiger charge is 2.22. The first-order valence-electron chi connectivity index (χ1n) is 21.1. The molecule has 0 saturated heterocycles. The minimum Gasteiger partial charge on any atom is -0.456 e. The van der Waals surface area contributed by atoms with Crippen molar-refractivity contribution in [2.24, 2.45) is 0 Å². The Hall–Kier alpha value is -8.54. The summed E-state index contributed by atoms with van der Waals surface area (Å²) in [6.45, 7) is 0. The van der Waals surface area contributed by atoms with Crippen LogP contribution in [0.25, 0.3) is 77.7 Å². The maximum absolute atomic E-state index is 6.87. The van der Waals surface area contributed by atoms with Crippen molar-refractivity contribution in [2.75, 3.05) is 9.80 Å². The Labute approximate surface area is 363 Å². The summed E-state index contributed by atoms with van der Waals surface area (Å²) in [5.74, 6) is 2.36. The zero-order valence-electron chi connectivity index (χ0n) is 34.1. The van der Waals surface area contributed by atoms with Crippen molar-refractivity contribution in [3.63, 3.8) is 0 Å². The Kier molecular flexibility index (Phi) is 8.75.